The lowest BCUT2D eigenvalue weighted by molar-refractivity contribution is -0.150. The Balaban J connectivity index is 4.35. The first-order valence-corrected chi connectivity index (χ1v) is 22.3. The van der Waals surface area contributed by atoms with Crippen molar-refractivity contribution in [3.63, 3.8) is 0 Å². The molecule has 0 amide bonds. The van der Waals surface area contributed by atoms with Crippen LogP contribution in [0.4, 0.5) is 0 Å². The summed E-state index contributed by atoms with van der Waals surface area (Å²) in [6, 6.07) is 0. The lowest BCUT2D eigenvalue weighted by atomic mass is 9.68. The topological polar surface area (TPSA) is 110 Å². The van der Waals surface area contributed by atoms with Crippen LogP contribution in [0.5, 0.6) is 0 Å². The Morgan fingerprint density at radius 2 is 0.562 bits per heavy atom. The molecule has 7 heteroatoms. The van der Waals surface area contributed by atoms with Gasteiger partial charge in [-0.1, -0.05) is 219 Å². The summed E-state index contributed by atoms with van der Waals surface area (Å²) < 4.78 is 5.82. The van der Waals surface area contributed by atoms with E-state index >= 15 is 0 Å². The second-order valence-electron chi connectivity index (χ2n) is 15.2. The van der Waals surface area contributed by atoms with E-state index in [0.717, 1.165) is 38.5 Å². The zero-order valence-corrected chi connectivity index (χ0v) is 33.1. The smallest absolute Gasteiger partial charge is 0.327 e. The fourth-order valence-corrected chi connectivity index (χ4v) is 8.19. The highest BCUT2D eigenvalue weighted by Crippen LogP contribution is 2.49. The number of hydrogen-bond acceptors (Lipinski definition) is 6. The summed E-state index contributed by atoms with van der Waals surface area (Å²) in [7, 11) is -2.69. The van der Waals surface area contributed by atoms with Gasteiger partial charge in [-0.05, 0) is 12.8 Å². The summed E-state index contributed by atoms with van der Waals surface area (Å²) >= 11 is 0. The van der Waals surface area contributed by atoms with Gasteiger partial charge in [0.2, 0.25) is 0 Å². The predicted molar refractivity (Wildman–Crippen MR) is 207 cm³/mol. The average Bonchev–Trinajstić information content (AvgIpc) is 3.08. The van der Waals surface area contributed by atoms with Crippen molar-refractivity contribution in [2.75, 3.05) is 19.8 Å². The van der Waals surface area contributed by atoms with E-state index in [-0.39, 0.29) is 0 Å². The van der Waals surface area contributed by atoms with Gasteiger partial charge in [-0.25, -0.2) is 0 Å². The first-order valence-electron chi connectivity index (χ1n) is 21.2. The Labute approximate surface area is 300 Å². The molecule has 0 fully saturated rings. The van der Waals surface area contributed by atoms with Gasteiger partial charge >= 0.3 is 8.60 Å². The van der Waals surface area contributed by atoms with Gasteiger partial charge < -0.3 is 29.6 Å². The molecule has 0 aliphatic rings. The van der Waals surface area contributed by atoms with Crippen LogP contribution in [0.1, 0.15) is 232 Å². The van der Waals surface area contributed by atoms with Crippen LogP contribution in [0.2, 0.25) is 0 Å². The highest BCUT2D eigenvalue weighted by molar-refractivity contribution is 7.39. The molecular weight excluding hydrogens is 619 g/mol. The van der Waals surface area contributed by atoms with Gasteiger partial charge in [0.05, 0.1) is 30.8 Å². The summed E-state index contributed by atoms with van der Waals surface area (Å²) in [5.41, 5.74) is -2.48. The molecule has 0 atom stereocenters. The molecule has 6 nitrogen and oxygen atoms in total. The summed E-state index contributed by atoms with van der Waals surface area (Å²) in [4.78, 5) is 19.9. The highest BCUT2D eigenvalue weighted by Gasteiger charge is 2.52. The standard InChI is InChI=1S/C41H85O6P/c1-3-5-7-9-11-13-15-17-19-21-23-25-27-29-31-33-35-41(47-48(45)46,40(37-42,38-43)39-44)36-34-32-30-28-26-24-22-20-18-16-14-12-10-8-6-4-2/h42-46H,3-39H2,1-2H3. The van der Waals surface area contributed by atoms with Gasteiger partial charge in [-0.15, -0.1) is 0 Å². The van der Waals surface area contributed by atoms with Gasteiger partial charge in [-0.3, -0.25) is 0 Å². The lowest BCUT2D eigenvalue weighted by Gasteiger charge is -2.48. The maximum atomic E-state index is 10.3. The largest absolute Gasteiger partial charge is 0.395 e. The van der Waals surface area contributed by atoms with E-state index in [2.05, 4.69) is 13.8 Å². The highest BCUT2D eigenvalue weighted by atomic mass is 31.2. The zero-order chi connectivity index (χ0) is 35.4. The minimum Gasteiger partial charge on any atom is -0.395 e. The average molecular weight is 705 g/mol. The second kappa shape index (κ2) is 35.6. The molecule has 0 unspecified atom stereocenters. The molecule has 0 rings (SSSR count). The molecule has 0 aromatic carbocycles. The van der Waals surface area contributed by atoms with Gasteiger partial charge in [-0.2, -0.15) is 0 Å². The van der Waals surface area contributed by atoms with Crippen LogP contribution < -0.4 is 0 Å². The molecule has 0 saturated heterocycles. The van der Waals surface area contributed by atoms with Crippen molar-refractivity contribution in [3.05, 3.63) is 0 Å². The van der Waals surface area contributed by atoms with Crippen molar-refractivity contribution in [2.45, 2.75) is 238 Å². The van der Waals surface area contributed by atoms with Crippen LogP contribution in [0.25, 0.3) is 0 Å². The van der Waals surface area contributed by atoms with Crippen molar-refractivity contribution >= 4 is 8.60 Å². The molecule has 0 radical (unpaired) electrons. The molecule has 0 aliphatic heterocycles. The third-order valence-corrected chi connectivity index (χ3v) is 11.5. The molecular formula is C41H85O6P. The molecule has 48 heavy (non-hydrogen) atoms. The Bertz CT molecular complexity index is 586. The van der Waals surface area contributed by atoms with E-state index in [1.807, 2.05) is 0 Å². The summed E-state index contributed by atoms with van der Waals surface area (Å²) in [6.07, 6.45) is 41.8. The number of aliphatic hydroxyl groups excluding tert-OH is 3. The summed E-state index contributed by atoms with van der Waals surface area (Å²) in [5, 5.41) is 31.0. The molecule has 0 aromatic rings. The third kappa shape index (κ3) is 25.2. The van der Waals surface area contributed by atoms with Crippen molar-refractivity contribution in [1.29, 1.82) is 0 Å². The lowest BCUT2D eigenvalue weighted by Crippen LogP contribution is -2.56. The van der Waals surface area contributed by atoms with Crippen LogP contribution in [-0.4, -0.2) is 50.5 Å². The van der Waals surface area contributed by atoms with Gasteiger partial charge in [0.25, 0.3) is 0 Å². The van der Waals surface area contributed by atoms with E-state index in [1.165, 1.54) is 167 Å². The Kier molecular flexibility index (Phi) is 35.7. The molecule has 290 valence electrons. The molecule has 0 aliphatic carbocycles. The monoisotopic (exact) mass is 705 g/mol. The van der Waals surface area contributed by atoms with Gasteiger partial charge in [0.1, 0.15) is 0 Å². The third-order valence-electron chi connectivity index (χ3n) is 11.0. The molecule has 0 aromatic heterocycles. The Morgan fingerprint density at radius 3 is 0.750 bits per heavy atom. The Hall–Kier alpha value is 0.190. The first-order chi connectivity index (χ1) is 23.5. The number of rotatable bonds is 40. The van der Waals surface area contributed by atoms with E-state index < -0.39 is 39.4 Å². The van der Waals surface area contributed by atoms with E-state index in [1.54, 1.807) is 0 Å². The quantitative estimate of drug-likeness (QED) is 0.0321. The molecule has 0 spiro atoms. The first kappa shape index (κ1) is 48.2. The number of unbranched alkanes of at least 4 members (excludes halogenated alkanes) is 30. The fourth-order valence-electron chi connectivity index (χ4n) is 7.50. The Morgan fingerprint density at radius 1 is 0.354 bits per heavy atom. The summed E-state index contributed by atoms with van der Waals surface area (Å²) in [5.74, 6) is 0. The number of aliphatic hydroxyl groups is 3. The van der Waals surface area contributed by atoms with E-state index in [9.17, 15) is 25.1 Å². The van der Waals surface area contributed by atoms with Crippen molar-refractivity contribution in [3.8, 4) is 0 Å². The van der Waals surface area contributed by atoms with Crippen molar-refractivity contribution < 1.29 is 29.6 Å². The minimum absolute atomic E-state index is 0.457. The zero-order valence-electron chi connectivity index (χ0n) is 32.3. The van der Waals surface area contributed by atoms with Crippen molar-refractivity contribution in [2.24, 2.45) is 5.41 Å². The van der Waals surface area contributed by atoms with Crippen LogP contribution in [0.15, 0.2) is 0 Å². The number of hydrogen-bond donors (Lipinski definition) is 5. The predicted octanol–water partition coefficient (Wildman–Crippen LogP) is 12.2. The van der Waals surface area contributed by atoms with E-state index in [0.29, 0.717) is 12.8 Å². The molecule has 0 saturated carbocycles. The maximum Gasteiger partial charge on any atom is 0.327 e. The summed E-state index contributed by atoms with van der Waals surface area (Å²) in [6.45, 7) is 3.17. The second-order valence-corrected chi connectivity index (χ2v) is 15.9. The molecule has 0 heterocycles. The SMILES string of the molecule is CCCCCCCCCCCCCCCCCCC(CCCCCCCCCCCCCCCCCC)(OP(O)O)C(CO)(CO)CO. The minimum atomic E-state index is -2.69. The van der Waals surface area contributed by atoms with Crippen LogP contribution >= 0.6 is 8.60 Å². The van der Waals surface area contributed by atoms with Crippen LogP contribution in [0, 0.1) is 5.41 Å². The van der Waals surface area contributed by atoms with Crippen molar-refractivity contribution in [1.82, 2.24) is 0 Å². The normalized spacial score (nSPS) is 12.5. The fraction of sp³-hybridized carbons (Fsp3) is 1.00. The van der Waals surface area contributed by atoms with Gasteiger partial charge in [0.15, 0.2) is 0 Å². The van der Waals surface area contributed by atoms with E-state index in [4.69, 9.17) is 4.52 Å². The maximum absolute atomic E-state index is 10.3. The molecule has 5 N–H and O–H groups in total. The van der Waals surface area contributed by atoms with Crippen LogP contribution in [-0.2, 0) is 4.52 Å². The van der Waals surface area contributed by atoms with Gasteiger partial charge in [0, 0.05) is 0 Å². The van der Waals surface area contributed by atoms with Crippen LogP contribution in [0.3, 0.4) is 0 Å². The molecule has 0 bridgehead atoms.